The summed E-state index contributed by atoms with van der Waals surface area (Å²) in [6.45, 7) is 0.0570. The van der Waals surface area contributed by atoms with Crippen molar-refractivity contribution in [1.82, 2.24) is 4.98 Å². The molecule has 0 saturated heterocycles. The Hall–Kier alpha value is -1.85. The van der Waals surface area contributed by atoms with Crippen LogP contribution in [0.25, 0.3) is 0 Å². The SMILES string of the molecule is COC(=O)c1ccc(CSc2ccc(CO)cc2)nc1. The van der Waals surface area contributed by atoms with Crippen molar-refractivity contribution in [2.45, 2.75) is 17.3 Å². The molecular weight excluding hydrogens is 274 g/mol. The fourth-order valence-corrected chi connectivity index (χ4v) is 2.41. The van der Waals surface area contributed by atoms with Gasteiger partial charge in [-0.05, 0) is 29.8 Å². The molecule has 1 heterocycles. The number of aliphatic hydroxyl groups excluding tert-OH is 1. The number of hydrogen-bond donors (Lipinski definition) is 1. The smallest absolute Gasteiger partial charge is 0.339 e. The molecular formula is C15H15NO3S. The molecule has 2 aromatic rings. The highest BCUT2D eigenvalue weighted by Gasteiger charge is 2.05. The first kappa shape index (κ1) is 14.6. The monoisotopic (exact) mass is 289 g/mol. The van der Waals surface area contributed by atoms with Crippen molar-refractivity contribution in [3.8, 4) is 0 Å². The number of hydrogen-bond acceptors (Lipinski definition) is 5. The maximum atomic E-state index is 11.3. The Kier molecular flexibility index (Phi) is 5.15. The topological polar surface area (TPSA) is 59.4 Å². The summed E-state index contributed by atoms with van der Waals surface area (Å²) < 4.78 is 4.62. The van der Waals surface area contributed by atoms with Crippen molar-refractivity contribution in [2.75, 3.05) is 7.11 Å². The van der Waals surface area contributed by atoms with E-state index in [9.17, 15) is 4.79 Å². The predicted molar refractivity (Wildman–Crippen MR) is 77.5 cm³/mol. The van der Waals surface area contributed by atoms with Crippen LogP contribution in [0.5, 0.6) is 0 Å². The second-order valence-corrected chi connectivity index (χ2v) is 5.17. The highest BCUT2D eigenvalue weighted by Crippen LogP contribution is 2.22. The fourth-order valence-electron chi connectivity index (χ4n) is 1.60. The molecule has 5 heteroatoms. The van der Waals surface area contributed by atoms with Gasteiger partial charge in [0.1, 0.15) is 0 Å². The minimum absolute atomic E-state index is 0.0570. The molecule has 0 unspecified atom stereocenters. The van der Waals surface area contributed by atoms with Gasteiger partial charge < -0.3 is 9.84 Å². The Labute approximate surface area is 121 Å². The van der Waals surface area contributed by atoms with Crippen molar-refractivity contribution in [3.05, 3.63) is 59.4 Å². The van der Waals surface area contributed by atoms with E-state index in [0.29, 0.717) is 5.56 Å². The number of nitrogens with zero attached hydrogens (tertiary/aromatic N) is 1. The van der Waals surface area contributed by atoms with Crippen LogP contribution in [-0.2, 0) is 17.1 Å². The molecule has 0 amide bonds. The summed E-state index contributed by atoms with van der Waals surface area (Å²) in [4.78, 5) is 16.6. The molecule has 0 radical (unpaired) electrons. The number of rotatable bonds is 5. The summed E-state index contributed by atoms with van der Waals surface area (Å²) in [6.07, 6.45) is 1.52. The molecule has 0 aliphatic rings. The highest BCUT2D eigenvalue weighted by molar-refractivity contribution is 7.98. The van der Waals surface area contributed by atoms with Gasteiger partial charge in [-0.2, -0.15) is 0 Å². The zero-order chi connectivity index (χ0) is 14.4. The Morgan fingerprint density at radius 3 is 2.55 bits per heavy atom. The summed E-state index contributed by atoms with van der Waals surface area (Å²) in [7, 11) is 1.35. The normalized spacial score (nSPS) is 10.3. The van der Waals surface area contributed by atoms with Crippen LogP contribution in [0.3, 0.4) is 0 Å². The maximum absolute atomic E-state index is 11.3. The lowest BCUT2D eigenvalue weighted by Gasteiger charge is -2.04. The number of thioether (sulfide) groups is 1. The molecule has 20 heavy (non-hydrogen) atoms. The molecule has 1 N–H and O–H groups in total. The molecule has 1 aromatic carbocycles. The van der Waals surface area contributed by atoms with E-state index >= 15 is 0 Å². The molecule has 0 fully saturated rings. The van der Waals surface area contributed by atoms with Gasteiger partial charge in [0.2, 0.25) is 0 Å². The Morgan fingerprint density at radius 2 is 2.00 bits per heavy atom. The van der Waals surface area contributed by atoms with Gasteiger partial charge in [-0.25, -0.2) is 4.79 Å². The van der Waals surface area contributed by atoms with Crippen molar-refractivity contribution in [1.29, 1.82) is 0 Å². The molecule has 0 saturated carbocycles. The minimum Gasteiger partial charge on any atom is -0.465 e. The van der Waals surface area contributed by atoms with Crippen LogP contribution in [-0.4, -0.2) is 23.2 Å². The van der Waals surface area contributed by atoms with E-state index in [1.165, 1.54) is 13.3 Å². The number of esters is 1. The fraction of sp³-hybridized carbons (Fsp3) is 0.200. The molecule has 1 aromatic heterocycles. The highest BCUT2D eigenvalue weighted by atomic mass is 32.2. The van der Waals surface area contributed by atoms with Gasteiger partial charge in [-0.15, -0.1) is 11.8 Å². The van der Waals surface area contributed by atoms with E-state index in [4.69, 9.17) is 5.11 Å². The van der Waals surface area contributed by atoms with Crippen LogP contribution < -0.4 is 0 Å². The van der Waals surface area contributed by atoms with Gasteiger partial charge in [0.15, 0.2) is 0 Å². The van der Waals surface area contributed by atoms with Crippen LogP contribution in [0.1, 0.15) is 21.6 Å². The van der Waals surface area contributed by atoms with Crippen molar-refractivity contribution in [2.24, 2.45) is 0 Å². The number of carbonyl (C=O) groups excluding carboxylic acids is 1. The molecule has 2 rings (SSSR count). The second-order valence-electron chi connectivity index (χ2n) is 4.12. The van der Waals surface area contributed by atoms with Gasteiger partial charge in [0.05, 0.1) is 25.0 Å². The molecule has 0 atom stereocenters. The van der Waals surface area contributed by atoms with Crippen LogP contribution in [0.2, 0.25) is 0 Å². The van der Waals surface area contributed by atoms with Crippen LogP contribution in [0.4, 0.5) is 0 Å². The van der Waals surface area contributed by atoms with E-state index in [-0.39, 0.29) is 12.6 Å². The average molecular weight is 289 g/mol. The number of benzene rings is 1. The second kappa shape index (κ2) is 7.07. The molecule has 4 nitrogen and oxygen atoms in total. The third kappa shape index (κ3) is 3.82. The Balaban J connectivity index is 1.94. The number of ether oxygens (including phenoxy) is 1. The first-order valence-electron chi connectivity index (χ1n) is 6.09. The van der Waals surface area contributed by atoms with Crippen LogP contribution in [0, 0.1) is 0 Å². The zero-order valence-electron chi connectivity index (χ0n) is 11.1. The van der Waals surface area contributed by atoms with Crippen molar-refractivity contribution < 1.29 is 14.6 Å². The summed E-state index contributed by atoms with van der Waals surface area (Å²) in [5, 5.41) is 8.97. The van der Waals surface area contributed by atoms with Gasteiger partial charge in [-0.1, -0.05) is 12.1 Å². The van der Waals surface area contributed by atoms with E-state index in [0.717, 1.165) is 21.9 Å². The summed E-state index contributed by atoms with van der Waals surface area (Å²) >= 11 is 1.65. The lowest BCUT2D eigenvalue weighted by atomic mass is 10.2. The summed E-state index contributed by atoms with van der Waals surface area (Å²) in [5.74, 6) is 0.344. The quantitative estimate of drug-likeness (QED) is 0.677. The van der Waals surface area contributed by atoms with Crippen molar-refractivity contribution >= 4 is 17.7 Å². The Morgan fingerprint density at radius 1 is 1.25 bits per heavy atom. The molecule has 0 aliphatic carbocycles. The first-order chi connectivity index (χ1) is 9.72. The van der Waals surface area contributed by atoms with E-state index in [2.05, 4.69) is 9.72 Å². The zero-order valence-corrected chi connectivity index (χ0v) is 11.9. The van der Waals surface area contributed by atoms with Gasteiger partial charge in [0, 0.05) is 16.8 Å². The van der Waals surface area contributed by atoms with Crippen molar-refractivity contribution in [3.63, 3.8) is 0 Å². The number of carbonyl (C=O) groups is 1. The predicted octanol–water partition coefficient (Wildman–Crippen LogP) is 2.65. The van der Waals surface area contributed by atoms with Crippen LogP contribution >= 0.6 is 11.8 Å². The lowest BCUT2D eigenvalue weighted by Crippen LogP contribution is -2.02. The third-order valence-corrected chi connectivity index (χ3v) is 3.78. The molecule has 0 aliphatic heterocycles. The minimum atomic E-state index is -0.378. The summed E-state index contributed by atoms with van der Waals surface area (Å²) in [5.41, 5.74) is 2.25. The average Bonchev–Trinajstić information content (AvgIpc) is 2.53. The number of methoxy groups -OCH3 is 1. The van der Waals surface area contributed by atoms with E-state index in [1.54, 1.807) is 17.8 Å². The van der Waals surface area contributed by atoms with E-state index in [1.807, 2.05) is 30.3 Å². The van der Waals surface area contributed by atoms with E-state index < -0.39 is 0 Å². The van der Waals surface area contributed by atoms with Gasteiger partial charge in [-0.3, -0.25) is 4.98 Å². The standard InChI is InChI=1S/C15H15NO3S/c1-19-15(18)12-4-5-13(16-8-12)10-20-14-6-2-11(9-17)3-7-14/h2-8,17H,9-10H2,1H3. The summed E-state index contributed by atoms with van der Waals surface area (Å²) in [6, 6.07) is 11.3. The first-order valence-corrected chi connectivity index (χ1v) is 7.07. The van der Waals surface area contributed by atoms with Gasteiger partial charge >= 0.3 is 5.97 Å². The molecule has 104 valence electrons. The lowest BCUT2D eigenvalue weighted by molar-refractivity contribution is 0.0600. The number of pyridine rings is 1. The number of aromatic nitrogens is 1. The largest absolute Gasteiger partial charge is 0.465 e. The van der Waals surface area contributed by atoms with Gasteiger partial charge in [0.25, 0.3) is 0 Å². The van der Waals surface area contributed by atoms with Crippen LogP contribution in [0.15, 0.2) is 47.5 Å². The molecule has 0 spiro atoms. The Bertz CT molecular complexity index is 567. The molecule has 0 bridgehead atoms. The number of aliphatic hydroxyl groups is 1. The maximum Gasteiger partial charge on any atom is 0.339 e. The third-order valence-electron chi connectivity index (χ3n) is 2.74.